The summed E-state index contributed by atoms with van der Waals surface area (Å²) < 4.78 is 5.44. The van der Waals surface area contributed by atoms with E-state index in [0.29, 0.717) is 24.8 Å². The molecule has 3 aliphatic rings. The Hall–Kier alpha value is -0.910. The van der Waals surface area contributed by atoms with Gasteiger partial charge in [0.2, 0.25) is 0 Å². The quantitative estimate of drug-likeness (QED) is 0.473. The predicted octanol–water partition coefficient (Wildman–Crippen LogP) is 0.234. The van der Waals surface area contributed by atoms with Crippen LogP contribution in [0.1, 0.15) is 26.2 Å². The Morgan fingerprint density at radius 3 is 2.75 bits per heavy atom. The fourth-order valence-electron chi connectivity index (χ4n) is 4.69. The largest absolute Gasteiger partial charge is 0.458 e. The van der Waals surface area contributed by atoms with Crippen LogP contribution in [0.4, 0.5) is 0 Å². The van der Waals surface area contributed by atoms with Gasteiger partial charge in [0.1, 0.15) is 6.10 Å². The molecule has 0 aromatic carbocycles. The molecule has 0 radical (unpaired) electrons. The summed E-state index contributed by atoms with van der Waals surface area (Å²) in [5.74, 6) is -1.00. The van der Waals surface area contributed by atoms with Crippen LogP contribution in [0.25, 0.3) is 0 Å². The Morgan fingerprint density at radius 2 is 2.10 bits per heavy atom. The van der Waals surface area contributed by atoms with Crippen LogP contribution >= 0.6 is 0 Å². The van der Waals surface area contributed by atoms with E-state index in [1.54, 1.807) is 0 Å². The van der Waals surface area contributed by atoms with Crippen molar-refractivity contribution in [2.45, 2.75) is 44.5 Å². The fraction of sp³-hybridized carbons (Fsp3) is 0.800. The molecule has 3 N–H and O–H groups in total. The summed E-state index contributed by atoms with van der Waals surface area (Å²) in [6, 6.07) is 0. The van der Waals surface area contributed by atoms with Crippen LogP contribution in [0.5, 0.6) is 0 Å². The number of aliphatic hydroxyl groups is 3. The molecule has 7 atom stereocenters. The first kappa shape index (κ1) is 14.0. The minimum absolute atomic E-state index is 0.0102. The number of hydrogen-bond donors (Lipinski definition) is 3. The molecule has 0 bridgehead atoms. The van der Waals surface area contributed by atoms with E-state index < -0.39 is 35.6 Å². The van der Waals surface area contributed by atoms with Crippen LogP contribution in [0.2, 0.25) is 0 Å². The maximum Gasteiger partial charge on any atom is 0.334 e. The lowest BCUT2D eigenvalue weighted by Crippen LogP contribution is -2.60. The van der Waals surface area contributed by atoms with Crippen molar-refractivity contribution in [2.75, 3.05) is 6.61 Å². The first-order chi connectivity index (χ1) is 9.40. The molecule has 5 heteroatoms. The number of rotatable bonds is 1. The second-order valence-electron chi connectivity index (χ2n) is 6.76. The van der Waals surface area contributed by atoms with Gasteiger partial charge in [-0.1, -0.05) is 13.5 Å². The molecule has 112 valence electrons. The third-order valence-corrected chi connectivity index (χ3v) is 5.76. The molecule has 1 heterocycles. The van der Waals surface area contributed by atoms with E-state index >= 15 is 0 Å². The number of esters is 1. The van der Waals surface area contributed by atoms with E-state index in [-0.39, 0.29) is 18.4 Å². The monoisotopic (exact) mass is 282 g/mol. The Kier molecular flexibility index (Phi) is 3.19. The lowest BCUT2D eigenvalue weighted by Gasteiger charge is -2.55. The van der Waals surface area contributed by atoms with Crippen LogP contribution < -0.4 is 0 Å². The lowest BCUT2D eigenvalue weighted by atomic mass is 9.51. The molecular weight excluding hydrogens is 260 g/mol. The highest BCUT2D eigenvalue weighted by Crippen LogP contribution is 2.57. The van der Waals surface area contributed by atoms with Crippen molar-refractivity contribution >= 4 is 5.97 Å². The van der Waals surface area contributed by atoms with Crippen molar-refractivity contribution in [2.24, 2.45) is 23.2 Å². The molecule has 0 aromatic rings. The van der Waals surface area contributed by atoms with Crippen molar-refractivity contribution in [1.82, 2.24) is 0 Å². The number of fused-ring (bicyclic) bond motifs is 3. The van der Waals surface area contributed by atoms with Crippen molar-refractivity contribution in [3.8, 4) is 0 Å². The number of aliphatic hydroxyl groups excluding tert-OH is 3. The second-order valence-corrected chi connectivity index (χ2v) is 6.76. The van der Waals surface area contributed by atoms with Gasteiger partial charge in [-0.15, -0.1) is 0 Å². The zero-order valence-corrected chi connectivity index (χ0v) is 11.7. The van der Waals surface area contributed by atoms with Crippen molar-refractivity contribution < 1.29 is 24.9 Å². The van der Waals surface area contributed by atoms with Gasteiger partial charge < -0.3 is 20.1 Å². The number of ether oxygens (including phenoxy) is 1. The number of hydrogen-bond acceptors (Lipinski definition) is 5. The summed E-state index contributed by atoms with van der Waals surface area (Å²) in [5.41, 5.74) is -0.210. The molecule has 0 unspecified atom stereocenters. The van der Waals surface area contributed by atoms with Gasteiger partial charge in [-0.3, -0.25) is 0 Å². The van der Waals surface area contributed by atoms with Crippen LogP contribution in [0.15, 0.2) is 12.2 Å². The minimum Gasteiger partial charge on any atom is -0.458 e. The maximum absolute atomic E-state index is 11.8. The van der Waals surface area contributed by atoms with Crippen LogP contribution in [0.3, 0.4) is 0 Å². The summed E-state index contributed by atoms with van der Waals surface area (Å²) in [6.45, 7) is 5.68. The van der Waals surface area contributed by atoms with E-state index in [9.17, 15) is 20.1 Å². The highest BCUT2D eigenvalue weighted by atomic mass is 16.6. The van der Waals surface area contributed by atoms with E-state index in [1.807, 2.05) is 6.92 Å². The van der Waals surface area contributed by atoms with Crippen molar-refractivity contribution in [3.63, 3.8) is 0 Å². The van der Waals surface area contributed by atoms with Gasteiger partial charge in [-0.2, -0.15) is 0 Å². The molecule has 2 saturated carbocycles. The highest BCUT2D eigenvalue weighted by molar-refractivity contribution is 5.91. The Labute approximate surface area is 118 Å². The van der Waals surface area contributed by atoms with Gasteiger partial charge in [0.25, 0.3) is 0 Å². The first-order valence-corrected chi connectivity index (χ1v) is 7.27. The summed E-state index contributed by atoms with van der Waals surface area (Å²) in [6.07, 6.45) is -0.0217. The molecule has 20 heavy (non-hydrogen) atoms. The van der Waals surface area contributed by atoms with E-state index in [0.717, 1.165) is 0 Å². The van der Waals surface area contributed by atoms with Gasteiger partial charge in [0.05, 0.1) is 18.1 Å². The molecule has 0 amide bonds. The number of carbonyl (C=O) groups is 1. The third kappa shape index (κ3) is 1.70. The normalized spacial score (nSPS) is 51.4. The molecule has 1 aliphatic heterocycles. The molecule has 0 aromatic heterocycles. The zero-order valence-electron chi connectivity index (χ0n) is 11.7. The van der Waals surface area contributed by atoms with E-state index in [2.05, 4.69) is 6.58 Å². The Bertz CT molecular complexity index is 448. The standard InChI is InChI=1S/C15H22O5/c1-7-11-9(17)5-15(2)10(18)4-3-8(6-16)12(15)13(11)20-14(7)19/h8-13,16-18H,1,3-6H2,2H3/t8-,9+,10-,11-,12-,13+,15+/m1/s1. The average Bonchev–Trinajstić information content (AvgIpc) is 2.68. The SMILES string of the molecule is C=C1C(=O)O[C@H]2[C@H]1[C@@H](O)C[C@]1(C)[C@@H]2[C@@H](CO)CC[C@H]1O. The number of carbonyl (C=O) groups excluding carboxylic acids is 1. The molecule has 3 fully saturated rings. The molecule has 5 nitrogen and oxygen atoms in total. The van der Waals surface area contributed by atoms with E-state index in [4.69, 9.17) is 4.74 Å². The Morgan fingerprint density at radius 1 is 1.40 bits per heavy atom. The molecule has 1 saturated heterocycles. The van der Waals surface area contributed by atoms with Crippen LogP contribution in [0, 0.1) is 23.2 Å². The first-order valence-electron chi connectivity index (χ1n) is 7.27. The highest BCUT2D eigenvalue weighted by Gasteiger charge is 2.62. The molecular formula is C15H22O5. The molecule has 2 aliphatic carbocycles. The predicted molar refractivity (Wildman–Crippen MR) is 70.5 cm³/mol. The van der Waals surface area contributed by atoms with Crippen LogP contribution in [-0.2, 0) is 9.53 Å². The second kappa shape index (κ2) is 4.55. The summed E-state index contributed by atoms with van der Waals surface area (Å²) in [7, 11) is 0. The van der Waals surface area contributed by atoms with Crippen LogP contribution in [-0.4, -0.2) is 46.2 Å². The van der Waals surface area contributed by atoms with Crippen molar-refractivity contribution in [1.29, 1.82) is 0 Å². The average molecular weight is 282 g/mol. The maximum atomic E-state index is 11.8. The Balaban J connectivity index is 2.03. The lowest BCUT2D eigenvalue weighted by molar-refractivity contribution is -0.189. The minimum atomic E-state index is -0.729. The van der Waals surface area contributed by atoms with Gasteiger partial charge in [0, 0.05) is 23.5 Å². The molecule has 3 rings (SSSR count). The van der Waals surface area contributed by atoms with Crippen molar-refractivity contribution in [3.05, 3.63) is 12.2 Å². The zero-order chi connectivity index (χ0) is 14.7. The van der Waals surface area contributed by atoms with Gasteiger partial charge in [-0.05, 0) is 25.2 Å². The summed E-state index contributed by atoms with van der Waals surface area (Å²) >= 11 is 0. The smallest absolute Gasteiger partial charge is 0.334 e. The summed E-state index contributed by atoms with van der Waals surface area (Å²) in [5, 5.41) is 30.4. The topological polar surface area (TPSA) is 87.0 Å². The fourth-order valence-corrected chi connectivity index (χ4v) is 4.69. The van der Waals surface area contributed by atoms with Gasteiger partial charge in [-0.25, -0.2) is 4.79 Å². The third-order valence-electron chi connectivity index (χ3n) is 5.76. The van der Waals surface area contributed by atoms with E-state index in [1.165, 1.54) is 0 Å². The summed E-state index contributed by atoms with van der Waals surface area (Å²) in [4.78, 5) is 11.8. The van der Waals surface area contributed by atoms with Gasteiger partial charge >= 0.3 is 5.97 Å². The molecule has 0 spiro atoms. The van der Waals surface area contributed by atoms with Gasteiger partial charge in [0.15, 0.2) is 0 Å².